The molecule has 1 saturated heterocycles. The van der Waals surface area contributed by atoms with E-state index in [4.69, 9.17) is 27.9 Å². The van der Waals surface area contributed by atoms with Gasteiger partial charge in [0.05, 0.1) is 23.6 Å². The summed E-state index contributed by atoms with van der Waals surface area (Å²) in [4.78, 5) is 39.1. The fourth-order valence-electron chi connectivity index (χ4n) is 3.89. The van der Waals surface area contributed by atoms with Gasteiger partial charge in [-0.05, 0) is 92.2 Å². The number of aromatic nitrogens is 1. The van der Waals surface area contributed by atoms with Crippen molar-refractivity contribution in [1.29, 1.82) is 0 Å². The van der Waals surface area contributed by atoms with E-state index >= 15 is 0 Å². The summed E-state index contributed by atoms with van der Waals surface area (Å²) in [5.74, 6) is -0.731. The van der Waals surface area contributed by atoms with E-state index in [1.807, 2.05) is 36.6 Å². The fourth-order valence-corrected chi connectivity index (χ4v) is 5.19. The van der Waals surface area contributed by atoms with Gasteiger partial charge >= 0.3 is 5.97 Å². The molecule has 4 rings (SSSR count). The number of esters is 1. The zero-order valence-electron chi connectivity index (χ0n) is 19.3. The zero-order valence-corrected chi connectivity index (χ0v) is 21.6. The molecule has 0 spiro atoms. The maximum atomic E-state index is 13.0. The second-order valence-corrected chi connectivity index (χ2v) is 9.77. The molecule has 0 radical (unpaired) electrons. The van der Waals surface area contributed by atoms with Crippen molar-refractivity contribution < 1.29 is 19.1 Å². The van der Waals surface area contributed by atoms with E-state index in [9.17, 15) is 14.4 Å². The Morgan fingerprint density at radius 2 is 1.77 bits per heavy atom. The molecule has 0 aliphatic carbocycles. The molecular weight excluding hydrogens is 507 g/mol. The highest BCUT2D eigenvalue weighted by molar-refractivity contribution is 8.18. The van der Waals surface area contributed by atoms with Crippen LogP contribution in [0.2, 0.25) is 10.0 Å². The van der Waals surface area contributed by atoms with Crippen LogP contribution in [0.15, 0.2) is 53.4 Å². The van der Waals surface area contributed by atoms with Crippen molar-refractivity contribution in [3.05, 3.63) is 91.6 Å². The predicted molar refractivity (Wildman–Crippen MR) is 139 cm³/mol. The number of halogens is 2. The largest absolute Gasteiger partial charge is 0.462 e. The van der Waals surface area contributed by atoms with Crippen LogP contribution in [-0.2, 0) is 16.1 Å². The van der Waals surface area contributed by atoms with Gasteiger partial charge in [0.15, 0.2) is 0 Å². The number of carbonyl (C=O) groups is 3. The van der Waals surface area contributed by atoms with E-state index in [1.54, 1.807) is 43.3 Å². The number of imide groups is 1. The monoisotopic (exact) mass is 528 g/mol. The lowest BCUT2D eigenvalue weighted by atomic mass is 10.2. The maximum Gasteiger partial charge on any atom is 0.338 e. The summed E-state index contributed by atoms with van der Waals surface area (Å²) in [5, 5.41) is 0.535. The maximum absolute atomic E-state index is 13.0. The summed E-state index contributed by atoms with van der Waals surface area (Å²) >= 11 is 13.1. The second-order valence-electron chi connectivity index (χ2n) is 7.93. The number of amides is 2. The van der Waals surface area contributed by atoms with Crippen molar-refractivity contribution in [1.82, 2.24) is 9.47 Å². The minimum absolute atomic E-state index is 0.0733. The van der Waals surface area contributed by atoms with E-state index < -0.39 is 0 Å². The van der Waals surface area contributed by atoms with Gasteiger partial charge in [-0.2, -0.15) is 0 Å². The Labute approximate surface area is 217 Å². The third-order valence-corrected chi connectivity index (χ3v) is 7.11. The minimum atomic E-state index is -0.366. The second kappa shape index (κ2) is 10.3. The summed E-state index contributed by atoms with van der Waals surface area (Å²) in [5.41, 5.74) is 4.67. The molecule has 180 valence electrons. The molecule has 1 fully saturated rings. The van der Waals surface area contributed by atoms with Crippen LogP contribution < -0.4 is 0 Å². The Hall–Kier alpha value is -3.00. The first-order valence-corrected chi connectivity index (χ1v) is 12.4. The summed E-state index contributed by atoms with van der Waals surface area (Å²) in [6.45, 7) is 6.05. The molecule has 2 aromatic carbocycles. The van der Waals surface area contributed by atoms with Gasteiger partial charge in [-0.15, -0.1) is 0 Å². The van der Waals surface area contributed by atoms with Crippen LogP contribution in [-0.4, -0.2) is 33.2 Å². The van der Waals surface area contributed by atoms with Crippen LogP contribution in [0.4, 0.5) is 4.79 Å². The lowest BCUT2D eigenvalue weighted by Crippen LogP contribution is -2.27. The van der Waals surface area contributed by atoms with Crippen LogP contribution in [0.5, 0.6) is 0 Å². The third-order valence-electron chi connectivity index (χ3n) is 5.61. The SMILES string of the molecule is CCOC(=O)c1ccc(-n2c(C)cc(/C=C3\SC(=O)N(Cc4ccc(Cl)cc4Cl)C3=O)c2C)cc1. The van der Waals surface area contributed by atoms with Gasteiger partial charge in [0.2, 0.25) is 0 Å². The molecule has 2 amide bonds. The highest BCUT2D eigenvalue weighted by Crippen LogP contribution is 2.35. The Morgan fingerprint density at radius 3 is 2.43 bits per heavy atom. The normalized spacial score (nSPS) is 14.8. The molecule has 0 saturated carbocycles. The van der Waals surface area contributed by atoms with Gasteiger partial charge in [-0.3, -0.25) is 14.5 Å². The predicted octanol–water partition coefficient (Wildman–Crippen LogP) is 6.81. The van der Waals surface area contributed by atoms with Crippen molar-refractivity contribution in [2.75, 3.05) is 6.61 Å². The first-order valence-electron chi connectivity index (χ1n) is 10.9. The minimum Gasteiger partial charge on any atom is -0.462 e. The van der Waals surface area contributed by atoms with Gasteiger partial charge in [0.25, 0.3) is 11.1 Å². The van der Waals surface area contributed by atoms with Crippen LogP contribution in [0.25, 0.3) is 11.8 Å². The van der Waals surface area contributed by atoms with Gasteiger partial charge in [0.1, 0.15) is 0 Å². The molecule has 35 heavy (non-hydrogen) atoms. The number of nitrogens with zero attached hydrogens (tertiary/aromatic N) is 2. The average Bonchev–Trinajstić information content (AvgIpc) is 3.24. The summed E-state index contributed by atoms with van der Waals surface area (Å²) in [6.07, 6.45) is 1.74. The molecule has 9 heteroatoms. The lowest BCUT2D eigenvalue weighted by molar-refractivity contribution is -0.123. The number of ether oxygens (including phenoxy) is 1. The summed E-state index contributed by atoms with van der Waals surface area (Å²) in [7, 11) is 0. The van der Waals surface area contributed by atoms with Gasteiger partial charge < -0.3 is 9.30 Å². The van der Waals surface area contributed by atoms with E-state index in [-0.39, 0.29) is 23.7 Å². The molecule has 0 unspecified atom stereocenters. The molecule has 1 aliphatic rings. The Kier molecular flexibility index (Phi) is 7.40. The van der Waals surface area contributed by atoms with Crippen LogP contribution in [0.1, 0.15) is 39.8 Å². The smallest absolute Gasteiger partial charge is 0.338 e. The Morgan fingerprint density at radius 1 is 1.06 bits per heavy atom. The molecule has 1 aromatic heterocycles. The van der Waals surface area contributed by atoms with E-state index in [0.29, 0.717) is 32.7 Å². The molecule has 3 aromatic rings. The van der Waals surface area contributed by atoms with Gasteiger partial charge in [-0.25, -0.2) is 4.79 Å². The van der Waals surface area contributed by atoms with Crippen molar-refractivity contribution in [3.63, 3.8) is 0 Å². The van der Waals surface area contributed by atoms with Gasteiger partial charge in [-0.1, -0.05) is 29.3 Å². The summed E-state index contributed by atoms with van der Waals surface area (Å²) in [6, 6.07) is 14.1. The summed E-state index contributed by atoms with van der Waals surface area (Å²) < 4.78 is 7.07. The lowest BCUT2D eigenvalue weighted by Gasteiger charge is -2.13. The fraction of sp³-hybridized carbons (Fsp3) is 0.192. The highest BCUT2D eigenvalue weighted by atomic mass is 35.5. The van der Waals surface area contributed by atoms with E-state index in [0.717, 1.165) is 34.4 Å². The van der Waals surface area contributed by atoms with Gasteiger partial charge in [0, 0.05) is 27.1 Å². The zero-order chi connectivity index (χ0) is 25.3. The van der Waals surface area contributed by atoms with E-state index in [1.165, 1.54) is 4.90 Å². The Bertz CT molecular complexity index is 1360. The van der Waals surface area contributed by atoms with Crippen LogP contribution in [0, 0.1) is 13.8 Å². The number of aryl methyl sites for hydroxylation is 1. The van der Waals surface area contributed by atoms with Crippen LogP contribution >= 0.6 is 35.0 Å². The first-order chi connectivity index (χ1) is 16.7. The van der Waals surface area contributed by atoms with Crippen molar-refractivity contribution in [3.8, 4) is 5.69 Å². The number of benzene rings is 2. The van der Waals surface area contributed by atoms with Crippen molar-refractivity contribution in [2.24, 2.45) is 0 Å². The molecular formula is C26H22Cl2N2O4S. The quantitative estimate of drug-likeness (QED) is 0.259. The molecule has 6 nitrogen and oxygen atoms in total. The first kappa shape index (κ1) is 25.1. The highest BCUT2D eigenvalue weighted by Gasteiger charge is 2.35. The molecule has 1 aliphatic heterocycles. The number of hydrogen-bond donors (Lipinski definition) is 0. The van der Waals surface area contributed by atoms with Crippen LogP contribution in [0.3, 0.4) is 0 Å². The molecule has 2 heterocycles. The number of hydrogen-bond acceptors (Lipinski definition) is 5. The van der Waals surface area contributed by atoms with Crippen molar-refractivity contribution >= 4 is 58.2 Å². The number of rotatable bonds is 6. The molecule has 0 bridgehead atoms. The average molecular weight is 529 g/mol. The van der Waals surface area contributed by atoms with Crippen molar-refractivity contribution in [2.45, 2.75) is 27.3 Å². The number of thioether (sulfide) groups is 1. The van der Waals surface area contributed by atoms with E-state index in [2.05, 4.69) is 0 Å². The Balaban J connectivity index is 1.58. The topological polar surface area (TPSA) is 68.6 Å². The molecule has 0 N–H and O–H groups in total. The molecule has 0 atom stereocenters. The third kappa shape index (κ3) is 5.17. The standard InChI is InChI=1S/C26H22Cl2N2O4S/c1-4-34-25(32)17-6-9-21(10-7-17)30-15(2)11-19(16(30)3)12-23-24(31)29(26(33)35-23)14-18-5-8-20(27)13-22(18)28/h5-13H,4,14H2,1-3H3/b23-12-. The number of carbonyl (C=O) groups excluding carboxylic acids is 3.